The molecule has 3 rings (SSSR count). The van der Waals surface area contributed by atoms with Crippen molar-refractivity contribution in [3.8, 4) is 5.75 Å². The molecule has 0 unspecified atom stereocenters. The zero-order valence-corrected chi connectivity index (χ0v) is 14.5. The van der Waals surface area contributed by atoms with Crippen molar-refractivity contribution in [1.29, 1.82) is 0 Å². The first kappa shape index (κ1) is 17.0. The van der Waals surface area contributed by atoms with E-state index < -0.39 is 18.3 Å². The van der Waals surface area contributed by atoms with Gasteiger partial charge in [0.2, 0.25) is 0 Å². The quantitative estimate of drug-likeness (QED) is 0.801. The molecule has 1 fully saturated rings. The highest BCUT2D eigenvalue weighted by Crippen LogP contribution is 2.37. The largest absolute Gasteiger partial charge is 0.498 e. The molecule has 0 bridgehead atoms. The minimum absolute atomic E-state index is 0.253. The highest BCUT2D eigenvalue weighted by atomic mass is 19.1. The molecule has 0 atom stereocenters. The third kappa shape index (κ3) is 3.33. The van der Waals surface area contributed by atoms with Crippen LogP contribution in [0.4, 0.5) is 4.39 Å². The van der Waals surface area contributed by atoms with Crippen LogP contribution >= 0.6 is 0 Å². The number of para-hydroxylation sites is 1. The van der Waals surface area contributed by atoms with Crippen molar-refractivity contribution in [2.24, 2.45) is 0 Å². The van der Waals surface area contributed by atoms with Gasteiger partial charge >= 0.3 is 7.12 Å². The van der Waals surface area contributed by atoms with E-state index in [2.05, 4.69) is 0 Å². The Bertz CT molecular complexity index is 697. The molecule has 1 saturated heterocycles. The van der Waals surface area contributed by atoms with Crippen LogP contribution in [0.5, 0.6) is 5.75 Å². The number of ether oxygens (including phenoxy) is 1. The van der Waals surface area contributed by atoms with Crippen molar-refractivity contribution < 1.29 is 18.4 Å². The third-order valence-electron chi connectivity index (χ3n) is 4.73. The molecule has 126 valence electrons. The highest BCUT2D eigenvalue weighted by Gasteiger charge is 2.52. The molecule has 2 aromatic rings. The standard InChI is InChI=1S/C19H22BFO3/c1-18(2)19(3,4)24-20(23-18)16-7-5-6-8-17(16)22-13-14-9-11-15(21)12-10-14/h5-12H,13H2,1-4H3. The zero-order valence-electron chi connectivity index (χ0n) is 14.5. The minimum Gasteiger partial charge on any atom is -0.489 e. The van der Waals surface area contributed by atoms with Crippen LogP contribution in [-0.2, 0) is 15.9 Å². The molecule has 0 radical (unpaired) electrons. The Kier molecular flexibility index (Phi) is 4.41. The van der Waals surface area contributed by atoms with Crippen molar-refractivity contribution in [1.82, 2.24) is 0 Å². The smallest absolute Gasteiger partial charge is 0.489 e. The molecule has 0 N–H and O–H groups in total. The molecule has 0 amide bonds. The summed E-state index contributed by atoms with van der Waals surface area (Å²) in [5.41, 5.74) is 0.960. The van der Waals surface area contributed by atoms with Crippen LogP contribution in [-0.4, -0.2) is 18.3 Å². The van der Waals surface area contributed by atoms with Gasteiger partial charge in [-0.15, -0.1) is 0 Å². The Labute approximate surface area is 142 Å². The van der Waals surface area contributed by atoms with Gasteiger partial charge in [-0.2, -0.15) is 0 Å². The number of halogens is 1. The fourth-order valence-corrected chi connectivity index (χ4v) is 2.52. The zero-order chi connectivity index (χ0) is 17.4. The molecule has 3 nitrogen and oxygen atoms in total. The number of benzene rings is 2. The summed E-state index contributed by atoms with van der Waals surface area (Å²) in [4.78, 5) is 0. The van der Waals surface area contributed by atoms with Crippen LogP contribution in [0.3, 0.4) is 0 Å². The second kappa shape index (κ2) is 6.23. The maximum Gasteiger partial charge on any atom is 0.498 e. The van der Waals surface area contributed by atoms with Crippen LogP contribution in [0.15, 0.2) is 48.5 Å². The molecule has 2 aromatic carbocycles. The maximum atomic E-state index is 13.0. The van der Waals surface area contributed by atoms with E-state index in [1.807, 2.05) is 52.0 Å². The second-order valence-electron chi connectivity index (χ2n) is 7.04. The van der Waals surface area contributed by atoms with Crippen LogP contribution in [0, 0.1) is 5.82 Å². The average molecular weight is 328 g/mol. The predicted molar refractivity (Wildman–Crippen MR) is 92.9 cm³/mol. The van der Waals surface area contributed by atoms with Gasteiger partial charge in [-0.3, -0.25) is 0 Å². The summed E-state index contributed by atoms with van der Waals surface area (Å²) in [6.07, 6.45) is 0. The summed E-state index contributed by atoms with van der Waals surface area (Å²) in [5.74, 6) is 0.455. The summed E-state index contributed by atoms with van der Waals surface area (Å²) >= 11 is 0. The molecule has 0 saturated carbocycles. The lowest BCUT2D eigenvalue weighted by atomic mass is 9.78. The summed E-state index contributed by atoms with van der Waals surface area (Å²) in [5, 5.41) is 0. The van der Waals surface area contributed by atoms with Crippen LogP contribution in [0.1, 0.15) is 33.3 Å². The Morgan fingerprint density at radius 2 is 1.50 bits per heavy atom. The van der Waals surface area contributed by atoms with Crippen LogP contribution in [0.2, 0.25) is 0 Å². The van der Waals surface area contributed by atoms with E-state index in [1.165, 1.54) is 12.1 Å². The summed E-state index contributed by atoms with van der Waals surface area (Å²) in [6, 6.07) is 14.0. The number of hydrogen-bond acceptors (Lipinski definition) is 3. The van der Waals surface area contributed by atoms with Gasteiger partial charge in [0, 0.05) is 5.46 Å². The van der Waals surface area contributed by atoms with Crippen molar-refractivity contribution in [2.45, 2.75) is 45.5 Å². The molecule has 0 spiro atoms. The van der Waals surface area contributed by atoms with Gasteiger partial charge in [0.15, 0.2) is 0 Å². The molecule has 1 aliphatic heterocycles. The van der Waals surface area contributed by atoms with E-state index in [0.29, 0.717) is 12.4 Å². The van der Waals surface area contributed by atoms with Crippen molar-refractivity contribution in [3.05, 3.63) is 59.9 Å². The van der Waals surface area contributed by atoms with E-state index in [1.54, 1.807) is 12.1 Å². The van der Waals surface area contributed by atoms with Crippen molar-refractivity contribution in [2.75, 3.05) is 0 Å². The molecule has 0 aromatic heterocycles. The van der Waals surface area contributed by atoms with Gasteiger partial charge in [0.25, 0.3) is 0 Å². The molecule has 0 aliphatic carbocycles. The second-order valence-corrected chi connectivity index (χ2v) is 7.04. The maximum absolute atomic E-state index is 13.0. The van der Waals surface area contributed by atoms with Gasteiger partial charge in [-0.1, -0.05) is 30.3 Å². The first-order chi connectivity index (χ1) is 11.3. The van der Waals surface area contributed by atoms with Crippen LogP contribution < -0.4 is 10.2 Å². The lowest BCUT2D eigenvalue weighted by Gasteiger charge is -2.32. The van der Waals surface area contributed by atoms with E-state index in [9.17, 15) is 4.39 Å². The normalized spacial score (nSPS) is 18.6. The van der Waals surface area contributed by atoms with E-state index in [4.69, 9.17) is 14.0 Å². The van der Waals surface area contributed by atoms with Gasteiger partial charge in [0.1, 0.15) is 18.2 Å². The Morgan fingerprint density at radius 1 is 0.917 bits per heavy atom. The van der Waals surface area contributed by atoms with E-state index in [-0.39, 0.29) is 5.82 Å². The Balaban J connectivity index is 1.78. The number of hydrogen-bond donors (Lipinski definition) is 0. The molecular formula is C19H22BFO3. The fourth-order valence-electron chi connectivity index (χ4n) is 2.52. The van der Waals surface area contributed by atoms with Crippen LogP contribution in [0.25, 0.3) is 0 Å². The summed E-state index contributed by atoms with van der Waals surface area (Å²) < 4.78 is 31.1. The van der Waals surface area contributed by atoms with Gasteiger partial charge in [-0.05, 0) is 51.5 Å². The average Bonchev–Trinajstić information content (AvgIpc) is 2.75. The first-order valence-corrected chi connectivity index (χ1v) is 8.10. The molecule has 5 heteroatoms. The van der Waals surface area contributed by atoms with E-state index >= 15 is 0 Å². The minimum atomic E-state index is -0.473. The van der Waals surface area contributed by atoms with Crippen molar-refractivity contribution >= 4 is 12.6 Å². The Hall–Kier alpha value is -1.85. The summed E-state index contributed by atoms with van der Waals surface area (Å²) in [6.45, 7) is 8.45. The predicted octanol–water partition coefficient (Wildman–Crippen LogP) is 3.70. The fraction of sp³-hybridized carbons (Fsp3) is 0.368. The molecule has 1 aliphatic rings. The first-order valence-electron chi connectivity index (χ1n) is 8.10. The molecular weight excluding hydrogens is 306 g/mol. The Morgan fingerprint density at radius 3 is 2.12 bits per heavy atom. The van der Waals surface area contributed by atoms with Crippen molar-refractivity contribution in [3.63, 3.8) is 0 Å². The number of rotatable bonds is 4. The van der Waals surface area contributed by atoms with Gasteiger partial charge in [0.05, 0.1) is 11.2 Å². The molecule has 1 heterocycles. The SMILES string of the molecule is CC1(C)OB(c2ccccc2OCc2ccc(F)cc2)OC1(C)C. The summed E-state index contributed by atoms with van der Waals surface area (Å²) in [7, 11) is -0.473. The highest BCUT2D eigenvalue weighted by molar-refractivity contribution is 6.63. The van der Waals surface area contributed by atoms with E-state index in [0.717, 1.165) is 11.0 Å². The van der Waals surface area contributed by atoms with Gasteiger partial charge in [-0.25, -0.2) is 4.39 Å². The molecule has 24 heavy (non-hydrogen) atoms. The van der Waals surface area contributed by atoms with Gasteiger partial charge < -0.3 is 14.0 Å². The monoisotopic (exact) mass is 328 g/mol. The lowest BCUT2D eigenvalue weighted by Crippen LogP contribution is -2.41. The third-order valence-corrected chi connectivity index (χ3v) is 4.73. The topological polar surface area (TPSA) is 27.7 Å². The lowest BCUT2D eigenvalue weighted by molar-refractivity contribution is 0.00578.